The Balaban J connectivity index is 2.33. The zero-order chi connectivity index (χ0) is 17.8. The number of ether oxygens (including phenoxy) is 1. The first kappa shape index (κ1) is 20.1. The highest BCUT2D eigenvalue weighted by Crippen LogP contribution is 2.08. The van der Waals surface area contributed by atoms with E-state index < -0.39 is 5.60 Å². The van der Waals surface area contributed by atoms with Crippen molar-refractivity contribution in [3.63, 3.8) is 0 Å². The molecule has 0 fully saturated rings. The second-order valence-corrected chi connectivity index (χ2v) is 6.99. The molecule has 3 nitrogen and oxygen atoms in total. The average molecular weight is 329 g/mol. The fourth-order valence-corrected chi connectivity index (χ4v) is 2.23. The van der Waals surface area contributed by atoms with Crippen molar-refractivity contribution in [3.05, 3.63) is 35.4 Å². The molecule has 1 rings (SSSR count). The van der Waals surface area contributed by atoms with E-state index in [1.54, 1.807) is 0 Å². The summed E-state index contributed by atoms with van der Waals surface area (Å²) >= 11 is 0. The summed E-state index contributed by atoms with van der Waals surface area (Å²) in [5.41, 5.74) is 1.87. The quantitative estimate of drug-likeness (QED) is 0.560. The van der Waals surface area contributed by atoms with E-state index in [-0.39, 0.29) is 6.09 Å². The summed E-state index contributed by atoms with van der Waals surface area (Å²) in [4.78, 5) is 11.6. The van der Waals surface area contributed by atoms with E-state index in [1.165, 1.54) is 24.8 Å². The monoisotopic (exact) mass is 329 g/mol. The summed E-state index contributed by atoms with van der Waals surface area (Å²) in [6.45, 7) is 8.40. The van der Waals surface area contributed by atoms with Crippen molar-refractivity contribution < 1.29 is 9.53 Å². The number of carbonyl (C=O) groups is 1. The van der Waals surface area contributed by atoms with E-state index in [2.05, 4.69) is 42.3 Å². The molecule has 0 bridgehead atoms. The second-order valence-electron chi connectivity index (χ2n) is 6.99. The van der Waals surface area contributed by atoms with Crippen molar-refractivity contribution in [2.24, 2.45) is 0 Å². The minimum Gasteiger partial charge on any atom is -0.444 e. The Bertz CT molecular complexity index is 561. The predicted molar refractivity (Wildman–Crippen MR) is 100 cm³/mol. The summed E-state index contributed by atoms with van der Waals surface area (Å²) in [5, 5.41) is 2.79. The largest absolute Gasteiger partial charge is 0.444 e. The van der Waals surface area contributed by atoms with Crippen LogP contribution in [-0.4, -0.2) is 18.2 Å². The van der Waals surface area contributed by atoms with Crippen molar-refractivity contribution in [3.8, 4) is 11.8 Å². The molecule has 0 saturated carbocycles. The van der Waals surface area contributed by atoms with E-state index in [9.17, 15) is 4.79 Å². The molecule has 1 aromatic rings. The van der Waals surface area contributed by atoms with Gasteiger partial charge in [0.2, 0.25) is 0 Å². The van der Waals surface area contributed by atoms with Gasteiger partial charge in [0.05, 0.1) is 0 Å². The van der Waals surface area contributed by atoms with Gasteiger partial charge in [-0.3, -0.25) is 0 Å². The fraction of sp³-hybridized carbons (Fsp3) is 0.571. The average Bonchev–Trinajstić information content (AvgIpc) is 2.50. The first-order chi connectivity index (χ1) is 11.4. The van der Waals surface area contributed by atoms with E-state index in [0.717, 1.165) is 24.8 Å². The number of amides is 1. The highest BCUT2D eigenvalue weighted by molar-refractivity contribution is 5.67. The van der Waals surface area contributed by atoms with E-state index in [4.69, 9.17) is 4.74 Å². The third-order valence-electron chi connectivity index (χ3n) is 3.38. The standard InChI is InChI=1S/C21H31NO2/c1-5-6-7-8-9-12-18-13-10-14-19(17-18)15-11-16-22-20(23)24-21(2,3)4/h10,13-14,17H,5-8,11,15-16H2,1-4H3,(H,22,23). The van der Waals surface area contributed by atoms with Crippen LogP contribution in [0.4, 0.5) is 4.79 Å². The number of aryl methyl sites for hydroxylation is 1. The molecule has 0 aliphatic carbocycles. The van der Waals surface area contributed by atoms with Gasteiger partial charge in [-0.1, -0.05) is 43.7 Å². The molecule has 1 N–H and O–H groups in total. The van der Waals surface area contributed by atoms with Crippen LogP contribution in [0.25, 0.3) is 0 Å². The summed E-state index contributed by atoms with van der Waals surface area (Å²) < 4.78 is 5.21. The van der Waals surface area contributed by atoms with Gasteiger partial charge in [-0.15, -0.1) is 0 Å². The minimum atomic E-state index is -0.450. The molecule has 0 aromatic heterocycles. The lowest BCUT2D eigenvalue weighted by atomic mass is 10.1. The van der Waals surface area contributed by atoms with Crippen LogP contribution < -0.4 is 5.32 Å². The van der Waals surface area contributed by atoms with Crippen LogP contribution in [0.1, 0.15) is 70.9 Å². The molecule has 3 heteroatoms. The number of hydrogen-bond donors (Lipinski definition) is 1. The van der Waals surface area contributed by atoms with Gasteiger partial charge in [-0.05, 0) is 57.7 Å². The number of benzene rings is 1. The highest BCUT2D eigenvalue weighted by atomic mass is 16.6. The molecule has 1 amide bonds. The van der Waals surface area contributed by atoms with E-state index in [1.807, 2.05) is 26.8 Å². The van der Waals surface area contributed by atoms with Crippen LogP contribution in [0.2, 0.25) is 0 Å². The van der Waals surface area contributed by atoms with Crippen LogP contribution >= 0.6 is 0 Å². The van der Waals surface area contributed by atoms with Crippen LogP contribution in [-0.2, 0) is 11.2 Å². The van der Waals surface area contributed by atoms with Crippen molar-refractivity contribution in [1.29, 1.82) is 0 Å². The third kappa shape index (κ3) is 9.94. The van der Waals surface area contributed by atoms with Gasteiger partial charge < -0.3 is 10.1 Å². The summed E-state index contributed by atoms with van der Waals surface area (Å²) in [6.07, 6.45) is 6.08. The van der Waals surface area contributed by atoms with Crippen molar-refractivity contribution in [1.82, 2.24) is 5.32 Å². The Hall–Kier alpha value is -1.95. The number of carbonyl (C=O) groups excluding carboxylic acids is 1. The topological polar surface area (TPSA) is 38.3 Å². The maximum atomic E-state index is 11.6. The molecular formula is C21H31NO2. The van der Waals surface area contributed by atoms with E-state index >= 15 is 0 Å². The van der Waals surface area contributed by atoms with Crippen LogP contribution in [0.3, 0.4) is 0 Å². The predicted octanol–water partition coefficient (Wildman–Crippen LogP) is 5.08. The minimum absolute atomic E-state index is 0.353. The maximum absolute atomic E-state index is 11.6. The zero-order valence-electron chi connectivity index (χ0n) is 15.6. The molecule has 0 aliphatic rings. The van der Waals surface area contributed by atoms with Gasteiger partial charge in [0.25, 0.3) is 0 Å². The second kappa shape index (κ2) is 10.8. The number of hydrogen-bond acceptors (Lipinski definition) is 2. The lowest BCUT2D eigenvalue weighted by molar-refractivity contribution is 0.0527. The van der Waals surface area contributed by atoms with Crippen molar-refractivity contribution in [2.75, 3.05) is 6.54 Å². The third-order valence-corrected chi connectivity index (χ3v) is 3.38. The molecule has 0 radical (unpaired) electrons. The molecule has 0 saturated heterocycles. The van der Waals surface area contributed by atoms with Gasteiger partial charge in [-0.2, -0.15) is 0 Å². The maximum Gasteiger partial charge on any atom is 0.407 e. The summed E-state index contributed by atoms with van der Waals surface area (Å²) in [5.74, 6) is 6.48. The van der Waals surface area contributed by atoms with Crippen LogP contribution in [0.15, 0.2) is 24.3 Å². The fourth-order valence-electron chi connectivity index (χ4n) is 2.23. The molecule has 132 valence electrons. The van der Waals surface area contributed by atoms with Crippen molar-refractivity contribution in [2.45, 2.75) is 71.8 Å². The van der Waals surface area contributed by atoms with Crippen LogP contribution in [0.5, 0.6) is 0 Å². The Morgan fingerprint density at radius 3 is 2.71 bits per heavy atom. The number of rotatable bonds is 7. The molecule has 0 spiro atoms. The molecule has 24 heavy (non-hydrogen) atoms. The van der Waals surface area contributed by atoms with E-state index in [0.29, 0.717) is 6.54 Å². The first-order valence-electron chi connectivity index (χ1n) is 8.95. The Morgan fingerprint density at radius 2 is 2.00 bits per heavy atom. The molecule has 0 heterocycles. The number of alkyl carbamates (subject to hydrolysis) is 1. The summed E-state index contributed by atoms with van der Waals surface area (Å²) in [7, 11) is 0. The Labute approximate surface area is 147 Å². The normalized spacial score (nSPS) is 10.7. The van der Waals surface area contributed by atoms with Crippen molar-refractivity contribution >= 4 is 6.09 Å². The molecule has 0 aliphatic heterocycles. The first-order valence-corrected chi connectivity index (χ1v) is 8.95. The smallest absolute Gasteiger partial charge is 0.407 e. The lowest BCUT2D eigenvalue weighted by Crippen LogP contribution is -2.33. The lowest BCUT2D eigenvalue weighted by Gasteiger charge is -2.19. The van der Waals surface area contributed by atoms with Gasteiger partial charge in [-0.25, -0.2) is 4.79 Å². The zero-order valence-corrected chi connectivity index (χ0v) is 15.6. The molecule has 0 unspecified atom stereocenters. The molecular weight excluding hydrogens is 298 g/mol. The number of nitrogens with one attached hydrogen (secondary N) is 1. The van der Waals surface area contributed by atoms with Crippen LogP contribution in [0, 0.1) is 11.8 Å². The SMILES string of the molecule is CCCCCC#Cc1cccc(CCCNC(=O)OC(C)(C)C)c1. The number of unbranched alkanes of at least 4 members (excludes halogenated alkanes) is 3. The van der Waals surface area contributed by atoms with Gasteiger partial charge in [0.15, 0.2) is 0 Å². The van der Waals surface area contributed by atoms with Gasteiger partial charge >= 0.3 is 6.09 Å². The Morgan fingerprint density at radius 1 is 1.21 bits per heavy atom. The van der Waals surface area contributed by atoms with Gasteiger partial charge in [0.1, 0.15) is 5.60 Å². The molecule has 1 aromatic carbocycles. The molecule has 0 atom stereocenters. The highest BCUT2D eigenvalue weighted by Gasteiger charge is 2.15. The summed E-state index contributed by atoms with van der Waals surface area (Å²) in [6, 6.07) is 8.35. The Kier molecular flexibility index (Phi) is 9.01. The van der Waals surface area contributed by atoms with Gasteiger partial charge in [0, 0.05) is 18.5 Å².